The molecule has 0 radical (unpaired) electrons. The molecule has 5 heteroatoms. The second-order valence-electron chi connectivity index (χ2n) is 14.7. The maximum atomic E-state index is 6.47. The highest BCUT2D eigenvalue weighted by Gasteiger charge is 2.36. The molecular formula is C48H34N4O. The fraction of sp³-hybridized carbons (Fsp3) is 0.0833. The van der Waals surface area contributed by atoms with E-state index in [4.69, 9.17) is 14.4 Å². The minimum absolute atomic E-state index is 0.133. The van der Waals surface area contributed by atoms with Crippen molar-refractivity contribution < 1.29 is 4.42 Å². The maximum absolute atomic E-state index is 6.47. The van der Waals surface area contributed by atoms with Crippen molar-refractivity contribution >= 4 is 55.5 Å². The molecule has 0 saturated carbocycles. The molecule has 252 valence electrons. The smallest absolute Gasteiger partial charge is 0.211 e. The van der Waals surface area contributed by atoms with E-state index >= 15 is 0 Å². The summed E-state index contributed by atoms with van der Waals surface area (Å²) in [4.78, 5) is 10.6. The van der Waals surface area contributed by atoms with E-state index in [-0.39, 0.29) is 11.6 Å². The summed E-state index contributed by atoms with van der Waals surface area (Å²) in [6, 6.07) is 55.9. The van der Waals surface area contributed by atoms with Crippen molar-refractivity contribution in [2.75, 3.05) is 0 Å². The summed E-state index contributed by atoms with van der Waals surface area (Å²) in [5.41, 5.74) is 13.4. The van der Waals surface area contributed by atoms with E-state index in [1.54, 1.807) is 0 Å². The molecule has 0 bridgehead atoms. The van der Waals surface area contributed by atoms with Gasteiger partial charge in [-0.25, -0.2) is 4.99 Å². The van der Waals surface area contributed by atoms with Gasteiger partial charge in [-0.1, -0.05) is 129 Å². The van der Waals surface area contributed by atoms with Crippen molar-refractivity contribution in [3.05, 3.63) is 180 Å². The van der Waals surface area contributed by atoms with Gasteiger partial charge in [0.15, 0.2) is 5.84 Å². The monoisotopic (exact) mass is 682 g/mol. The lowest BCUT2D eigenvalue weighted by Gasteiger charge is -2.25. The Morgan fingerprint density at radius 3 is 2.17 bits per heavy atom. The predicted octanol–water partition coefficient (Wildman–Crippen LogP) is 11.6. The van der Waals surface area contributed by atoms with Crippen LogP contribution in [0.15, 0.2) is 172 Å². The number of fused-ring (bicyclic) bond motifs is 9. The molecule has 0 amide bonds. The summed E-state index contributed by atoms with van der Waals surface area (Å²) >= 11 is 0. The molecule has 1 N–H and O–H groups in total. The Labute approximate surface area is 306 Å². The van der Waals surface area contributed by atoms with E-state index in [0.717, 1.165) is 55.6 Å². The van der Waals surface area contributed by atoms with E-state index in [1.807, 2.05) is 12.1 Å². The van der Waals surface area contributed by atoms with Gasteiger partial charge < -0.3 is 9.73 Å². The van der Waals surface area contributed by atoms with Crippen LogP contribution in [0, 0.1) is 0 Å². The topological polar surface area (TPSA) is 54.8 Å². The number of hydrogen-bond donors (Lipinski definition) is 1. The lowest BCUT2D eigenvalue weighted by molar-refractivity contribution is 0.658. The number of para-hydroxylation sites is 1. The van der Waals surface area contributed by atoms with Crippen LogP contribution in [0.2, 0.25) is 0 Å². The van der Waals surface area contributed by atoms with E-state index in [2.05, 4.69) is 169 Å². The lowest BCUT2D eigenvalue weighted by Crippen LogP contribution is -2.37. The first-order valence-corrected chi connectivity index (χ1v) is 18.2. The Hall–Kier alpha value is -6.72. The zero-order valence-electron chi connectivity index (χ0n) is 29.3. The number of hydrogen-bond acceptors (Lipinski definition) is 4. The number of amidine groups is 1. The molecule has 1 aliphatic heterocycles. The number of nitrogens with zero attached hydrogens (tertiary/aromatic N) is 3. The fourth-order valence-electron chi connectivity index (χ4n) is 8.60. The molecule has 9 aromatic rings. The van der Waals surface area contributed by atoms with Gasteiger partial charge in [-0.3, -0.25) is 4.57 Å². The highest BCUT2D eigenvalue weighted by Crippen LogP contribution is 2.50. The van der Waals surface area contributed by atoms with Gasteiger partial charge in [-0.15, -0.1) is 0 Å². The van der Waals surface area contributed by atoms with Crippen LogP contribution in [-0.2, 0) is 5.41 Å². The van der Waals surface area contributed by atoms with Crippen LogP contribution >= 0.6 is 0 Å². The summed E-state index contributed by atoms with van der Waals surface area (Å²) < 4.78 is 8.76. The SMILES string of the molecule is CC1(C)c2ccccc2-c2cc3c4ccccc4n(C4=NC(c5ccc6c(c5)oc5ccc(-c7ccccc7)cc56)=NC(c5ccccc5)N4)c3cc21. The van der Waals surface area contributed by atoms with Gasteiger partial charge in [0.2, 0.25) is 5.96 Å². The van der Waals surface area contributed by atoms with Gasteiger partial charge in [-0.2, -0.15) is 4.99 Å². The van der Waals surface area contributed by atoms with E-state index < -0.39 is 0 Å². The standard InChI is InChI=1S/C48H34N4O/c1-48(2)39-19-11-9-17-33(39)36-27-37-34-18-10-12-20-41(34)52(42(37)28-40(36)48)47-50-45(30-15-7-4-8-16-30)49-46(51-47)32-21-23-35-38-25-31(29-13-5-3-6-14-29)22-24-43(38)53-44(35)26-32/h3-28,45H,1-2H3,(H,49,50,51). The first-order chi connectivity index (χ1) is 26.0. The summed E-state index contributed by atoms with van der Waals surface area (Å²) in [5.74, 6) is 1.39. The molecule has 2 aliphatic rings. The number of benzene rings is 7. The quantitative estimate of drug-likeness (QED) is 0.202. The van der Waals surface area contributed by atoms with Gasteiger partial charge in [0, 0.05) is 32.5 Å². The second kappa shape index (κ2) is 11.1. The minimum atomic E-state index is -0.343. The van der Waals surface area contributed by atoms with Gasteiger partial charge in [-0.05, 0) is 81.4 Å². The lowest BCUT2D eigenvalue weighted by atomic mass is 9.82. The van der Waals surface area contributed by atoms with Crippen molar-refractivity contribution in [3.8, 4) is 22.3 Å². The molecule has 0 spiro atoms. The molecule has 0 fully saturated rings. The summed E-state index contributed by atoms with van der Waals surface area (Å²) in [7, 11) is 0. The first-order valence-electron chi connectivity index (χ1n) is 18.2. The largest absolute Gasteiger partial charge is 0.456 e. The average Bonchev–Trinajstić information content (AvgIpc) is 3.82. The maximum Gasteiger partial charge on any atom is 0.211 e. The summed E-state index contributed by atoms with van der Waals surface area (Å²) in [5, 5.41) is 8.30. The number of furan rings is 1. The number of aromatic nitrogens is 1. The van der Waals surface area contributed by atoms with Crippen molar-refractivity contribution in [2.45, 2.75) is 25.4 Å². The molecular weight excluding hydrogens is 649 g/mol. The molecule has 1 atom stereocenters. The third-order valence-electron chi connectivity index (χ3n) is 11.3. The van der Waals surface area contributed by atoms with Gasteiger partial charge in [0.25, 0.3) is 0 Å². The molecule has 11 rings (SSSR count). The number of nitrogens with one attached hydrogen (secondary N) is 1. The van der Waals surface area contributed by atoms with Crippen LogP contribution < -0.4 is 5.32 Å². The van der Waals surface area contributed by atoms with Crippen molar-refractivity contribution in [3.63, 3.8) is 0 Å². The third kappa shape index (κ3) is 4.50. The molecule has 1 unspecified atom stereocenters. The second-order valence-corrected chi connectivity index (χ2v) is 14.7. The Balaban J connectivity index is 1.10. The Bertz CT molecular complexity index is 3000. The Morgan fingerprint density at radius 2 is 1.30 bits per heavy atom. The minimum Gasteiger partial charge on any atom is -0.456 e. The highest BCUT2D eigenvalue weighted by atomic mass is 16.3. The van der Waals surface area contributed by atoms with Gasteiger partial charge in [0.1, 0.15) is 17.3 Å². The van der Waals surface area contributed by atoms with E-state index in [0.29, 0.717) is 5.84 Å². The number of aliphatic imine (C=N–C) groups is 2. The fourth-order valence-corrected chi connectivity index (χ4v) is 8.60. The van der Waals surface area contributed by atoms with Gasteiger partial charge >= 0.3 is 0 Å². The molecule has 53 heavy (non-hydrogen) atoms. The molecule has 7 aromatic carbocycles. The van der Waals surface area contributed by atoms with Crippen LogP contribution in [0.1, 0.15) is 42.3 Å². The van der Waals surface area contributed by atoms with Crippen molar-refractivity contribution in [1.29, 1.82) is 0 Å². The summed E-state index contributed by atoms with van der Waals surface area (Å²) in [6.07, 6.45) is -0.343. The Morgan fingerprint density at radius 1 is 0.547 bits per heavy atom. The van der Waals surface area contributed by atoms with E-state index in [1.165, 1.54) is 38.6 Å². The molecule has 2 aromatic heterocycles. The van der Waals surface area contributed by atoms with Crippen molar-refractivity contribution in [2.24, 2.45) is 9.98 Å². The normalized spacial score (nSPS) is 16.1. The zero-order valence-corrected chi connectivity index (χ0v) is 29.3. The highest BCUT2D eigenvalue weighted by molar-refractivity contribution is 6.19. The average molecular weight is 683 g/mol. The third-order valence-corrected chi connectivity index (χ3v) is 11.3. The van der Waals surface area contributed by atoms with Crippen LogP contribution in [0.3, 0.4) is 0 Å². The van der Waals surface area contributed by atoms with Crippen LogP contribution in [-0.4, -0.2) is 16.4 Å². The molecule has 5 nitrogen and oxygen atoms in total. The molecule has 1 aliphatic carbocycles. The predicted molar refractivity (Wildman–Crippen MR) is 218 cm³/mol. The van der Waals surface area contributed by atoms with Crippen LogP contribution in [0.4, 0.5) is 0 Å². The van der Waals surface area contributed by atoms with Crippen LogP contribution in [0.5, 0.6) is 0 Å². The molecule has 0 saturated heterocycles. The Kier molecular flexibility index (Phi) is 6.30. The first kappa shape index (κ1) is 30.0. The van der Waals surface area contributed by atoms with Crippen molar-refractivity contribution in [1.82, 2.24) is 9.88 Å². The molecule has 3 heterocycles. The van der Waals surface area contributed by atoms with Crippen LogP contribution in [0.25, 0.3) is 66.0 Å². The zero-order chi connectivity index (χ0) is 35.3. The number of rotatable bonds is 3. The van der Waals surface area contributed by atoms with Gasteiger partial charge in [0.05, 0.1) is 11.0 Å². The summed E-state index contributed by atoms with van der Waals surface area (Å²) in [6.45, 7) is 4.67. The van der Waals surface area contributed by atoms with E-state index in [9.17, 15) is 0 Å².